The molecule has 0 saturated heterocycles. The van der Waals surface area contributed by atoms with E-state index < -0.39 is 0 Å². The fourth-order valence-corrected chi connectivity index (χ4v) is 0.976. The second-order valence-corrected chi connectivity index (χ2v) is 3.57. The van der Waals surface area contributed by atoms with Crippen LogP contribution in [-0.2, 0) is 0 Å². The summed E-state index contributed by atoms with van der Waals surface area (Å²) in [7, 11) is 0. The van der Waals surface area contributed by atoms with Crippen molar-refractivity contribution in [1.29, 1.82) is 0 Å². The van der Waals surface area contributed by atoms with Crippen molar-refractivity contribution in [2.75, 3.05) is 0 Å². The third-order valence-electron chi connectivity index (χ3n) is 2.30. The lowest BCUT2D eigenvalue weighted by Gasteiger charge is -2.14. The molecule has 1 atom stereocenters. The summed E-state index contributed by atoms with van der Waals surface area (Å²) in [6.07, 6.45) is 5.15. The lowest BCUT2D eigenvalue weighted by Crippen LogP contribution is -2.02. The van der Waals surface area contributed by atoms with E-state index in [9.17, 15) is 0 Å². The second-order valence-electron chi connectivity index (χ2n) is 3.57. The molecular formula is C10H21. The SMILES string of the molecule is [CH2]CCCCC(C)C(C)C. The zero-order valence-electron chi connectivity index (χ0n) is 7.69. The summed E-state index contributed by atoms with van der Waals surface area (Å²) in [4.78, 5) is 0. The molecule has 0 heterocycles. The van der Waals surface area contributed by atoms with Gasteiger partial charge in [0.1, 0.15) is 0 Å². The van der Waals surface area contributed by atoms with E-state index in [1.807, 2.05) is 0 Å². The predicted molar refractivity (Wildman–Crippen MR) is 47.8 cm³/mol. The maximum absolute atomic E-state index is 3.83. The summed E-state index contributed by atoms with van der Waals surface area (Å²) in [5, 5.41) is 0. The normalized spacial score (nSPS) is 14.1. The molecule has 1 unspecified atom stereocenters. The molecule has 0 amide bonds. The molecule has 0 aromatic carbocycles. The number of unbranched alkanes of at least 4 members (excludes halogenated alkanes) is 2. The highest BCUT2D eigenvalue weighted by molar-refractivity contribution is 4.57. The van der Waals surface area contributed by atoms with Crippen LogP contribution >= 0.6 is 0 Å². The van der Waals surface area contributed by atoms with Crippen molar-refractivity contribution in [3.05, 3.63) is 6.92 Å². The number of rotatable bonds is 5. The average molecular weight is 141 g/mol. The summed E-state index contributed by atoms with van der Waals surface area (Å²) in [6.45, 7) is 10.8. The molecule has 0 saturated carbocycles. The highest BCUT2D eigenvalue weighted by Crippen LogP contribution is 2.17. The molecule has 0 aromatic heterocycles. The van der Waals surface area contributed by atoms with Crippen LogP contribution in [-0.4, -0.2) is 0 Å². The van der Waals surface area contributed by atoms with Gasteiger partial charge in [0.15, 0.2) is 0 Å². The molecule has 10 heavy (non-hydrogen) atoms. The monoisotopic (exact) mass is 141 g/mol. The van der Waals surface area contributed by atoms with Crippen LogP contribution in [0.2, 0.25) is 0 Å². The van der Waals surface area contributed by atoms with Gasteiger partial charge in [-0.2, -0.15) is 0 Å². The first kappa shape index (κ1) is 10.0. The van der Waals surface area contributed by atoms with E-state index in [0.29, 0.717) is 0 Å². The third-order valence-corrected chi connectivity index (χ3v) is 2.30. The fourth-order valence-electron chi connectivity index (χ4n) is 0.976. The van der Waals surface area contributed by atoms with Crippen LogP contribution in [0.4, 0.5) is 0 Å². The summed E-state index contributed by atoms with van der Waals surface area (Å²) < 4.78 is 0. The molecule has 0 aromatic rings. The standard InChI is InChI=1S/C10H21/c1-5-6-7-8-10(4)9(2)3/h9-10H,1,5-8H2,2-4H3. The molecule has 0 heteroatoms. The molecule has 0 spiro atoms. The van der Waals surface area contributed by atoms with Crippen molar-refractivity contribution in [2.24, 2.45) is 11.8 Å². The largest absolute Gasteiger partial charge is 0.0625 e. The third kappa shape index (κ3) is 4.84. The van der Waals surface area contributed by atoms with Crippen LogP contribution in [0.25, 0.3) is 0 Å². The molecular weight excluding hydrogens is 120 g/mol. The Bertz CT molecular complexity index is 64.4. The molecule has 0 nitrogen and oxygen atoms in total. The van der Waals surface area contributed by atoms with Gasteiger partial charge in [0.25, 0.3) is 0 Å². The van der Waals surface area contributed by atoms with Crippen molar-refractivity contribution >= 4 is 0 Å². The average Bonchev–Trinajstić information content (AvgIpc) is 1.88. The van der Waals surface area contributed by atoms with Gasteiger partial charge in [-0.3, -0.25) is 0 Å². The quantitative estimate of drug-likeness (QED) is 0.512. The van der Waals surface area contributed by atoms with E-state index in [1.54, 1.807) is 0 Å². The highest BCUT2D eigenvalue weighted by atomic mass is 14.1. The van der Waals surface area contributed by atoms with Gasteiger partial charge in [-0.05, 0) is 11.8 Å². The van der Waals surface area contributed by atoms with Crippen molar-refractivity contribution in [3.8, 4) is 0 Å². The summed E-state index contributed by atoms with van der Waals surface area (Å²) in [6, 6.07) is 0. The van der Waals surface area contributed by atoms with E-state index in [1.165, 1.54) is 19.3 Å². The number of hydrogen-bond acceptors (Lipinski definition) is 0. The predicted octanol–water partition coefficient (Wildman–Crippen LogP) is 3.67. The van der Waals surface area contributed by atoms with Crippen LogP contribution < -0.4 is 0 Å². The van der Waals surface area contributed by atoms with Crippen molar-refractivity contribution < 1.29 is 0 Å². The first-order valence-electron chi connectivity index (χ1n) is 4.47. The van der Waals surface area contributed by atoms with E-state index >= 15 is 0 Å². The van der Waals surface area contributed by atoms with Gasteiger partial charge >= 0.3 is 0 Å². The molecule has 1 radical (unpaired) electrons. The summed E-state index contributed by atoms with van der Waals surface area (Å²) in [5.74, 6) is 1.75. The van der Waals surface area contributed by atoms with Crippen LogP contribution in [0, 0.1) is 18.8 Å². The first-order valence-corrected chi connectivity index (χ1v) is 4.47. The molecule has 0 bridgehead atoms. The maximum Gasteiger partial charge on any atom is -0.0420 e. The van der Waals surface area contributed by atoms with Gasteiger partial charge in [-0.1, -0.05) is 53.4 Å². The fraction of sp³-hybridized carbons (Fsp3) is 0.900. The lowest BCUT2D eigenvalue weighted by molar-refractivity contribution is 0.378. The van der Waals surface area contributed by atoms with Crippen LogP contribution in [0.5, 0.6) is 0 Å². The van der Waals surface area contributed by atoms with Crippen LogP contribution in [0.1, 0.15) is 46.5 Å². The first-order chi connectivity index (χ1) is 4.68. The van der Waals surface area contributed by atoms with Gasteiger partial charge in [-0.15, -0.1) is 0 Å². The minimum atomic E-state index is 0.852. The van der Waals surface area contributed by atoms with Crippen molar-refractivity contribution in [2.45, 2.75) is 46.5 Å². The van der Waals surface area contributed by atoms with E-state index in [-0.39, 0.29) is 0 Å². The summed E-state index contributed by atoms with van der Waals surface area (Å²) in [5.41, 5.74) is 0. The van der Waals surface area contributed by atoms with Crippen molar-refractivity contribution in [3.63, 3.8) is 0 Å². The molecule has 0 rings (SSSR count). The Morgan fingerprint density at radius 3 is 2.10 bits per heavy atom. The zero-order chi connectivity index (χ0) is 7.98. The van der Waals surface area contributed by atoms with Gasteiger partial charge in [0.05, 0.1) is 0 Å². The van der Waals surface area contributed by atoms with Gasteiger partial charge in [0.2, 0.25) is 0 Å². The van der Waals surface area contributed by atoms with Crippen LogP contribution in [0.3, 0.4) is 0 Å². The molecule has 0 aliphatic heterocycles. The molecule has 0 aliphatic carbocycles. The lowest BCUT2D eigenvalue weighted by atomic mass is 9.92. The topological polar surface area (TPSA) is 0 Å². The molecule has 0 aliphatic rings. The molecule has 0 fully saturated rings. The second kappa shape index (κ2) is 5.76. The molecule has 61 valence electrons. The van der Waals surface area contributed by atoms with Gasteiger partial charge < -0.3 is 0 Å². The van der Waals surface area contributed by atoms with Crippen LogP contribution in [0.15, 0.2) is 0 Å². The Labute approximate surface area is 66.0 Å². The Hall–Kier alpha value is 0. The van der Waals surface area contributed by atoms with E-state index in [0.717, 1.165) is 18.3 Å². The minimum absolute atomic E-state index is 0.852. The Balaban J connectivity index is 3.13. The Morgan fingerprint density at radius 1 is 1.10 bits per heavy atom. The number of hydrogen-bond donors (Lipinski definition) is 0. The smallest absolute Gasteiger partial charge is 0.0420 e. The van der Waals surface area contributed by atoms with E-state index in [4.69, 9.17) is 0 Å². The Kier molecular flexibility index (Phi) is 5.76. The summed E-state index contributed by atoms with van der Waals surface area (Å²) >= 11 is 0. The van der Waals surface area contributed by atoms with Gasteiger partial charge in [-0.25, -0.2) is 0 Å². The minimum Gasteiger partial charge on any atom is -0.0625 e. The maximum atomic E-state index is 3.83. The van der Waals surface area contributed by atoms with Crippen molar-refractivity contribution in [1.82, 2.24) is 0 Å². The Morgan fingerprint density at radius 2 is 1.70 bits per heavy atom. The molecule has 0 N–H and O–H groups in total. The zero-order valence-corrected chi connectivity index (χ0v) is 7.69. The van der Waals surface area contributed by atoms with E-state index in [2.05, 4.69) is 27.7 Å². The van der Waals surface area contributed by atoms with Gasteiger partial charge in [0, 0.05) is 0 Å². The highest BCUT2D eigenvalue weighted by Gasteiger charge is 2.04.